The van der Waals surface area contributed by atoms with Crippen molar-refractivity contribution < 1.29 is 37.1 Å². The molecule has 356 valence electrons. The summed E-state index contributed by atoms with van der Waals surface area (Å²) in [6.45, 7) is 7.10. The van der Waals surface area contributed by atoms with Gasteiger partial charge in [0.1, 0.15) is 28.3 Å². The third-order valence-electron chi connectivity index (χ3n) is 13.3. The van der Waals surface area contributed by atoms with Gasteiger partial charge >= 0.3 is 0 Å². The highest BCUT2D eigenvalue weighted by molar-refractivity contribution is 7.92. The van der Waals surface area contributed by atoms with Crippen molar-refractivity contribution in [2.45, 2.75) is 70.5 Å². The zero-order valence-electron chi connectivity index (χ0n) is 38.4. The van der Waals surface area contributed by atoms with Crippen LogP contribution in [-0.4, -0.2) is 136 Å². The minimum atomic E-state index is -3.63. The number of nitrogens with one attached hydrogen (secondary N) is 3. The summed E-state index contributed by atoms with van der Waals surface area (Å²) in [5.41, 5.74) is 5.99. The molecule has 67 heavy (non-hydrogen) atoms. The molecule has 1 atom stereocenters. The maximum absolute atomic E-state index is 13.5. The number of para-hydroxylation sites is 1. The van der Waals surface area contributed by atoms with Crippen molar-refractivity contribution >= 4 is 79.8 Å². The number of piperidine rings is 2. The van der Waals surface area contributed by atoms with Crippen molar-refractivity contribution in [2.75, 3.05) is 86.6 Å². The predicted molar refractivity (Wildman–Crippen MR) is 256 cm³/mol. The molecule has 4 aliphatic heterocycles. The van der Waals surface area contributed by atoms with Gasteiger partial charge in [-0.15, -0.1) is 0 Å². The number of benzene rings is 3. The number of nitrogens with zero attached hydrogens (tertiary/aromatic N) is 7. The first-order valence-electron chi connectivity index (χ1n) is 22.6. The van der Waals surface area contributed by atoms with E-state index in [2.05, 4.69) is 54.8 Å². The molecule has 1 aromatic heterocycles. The van der Waals surface area contributed by atoms with E-state index in [4.69, 9.17) is 21.1 Å². The van der Waals surface area contributed by atoms with E-state index in [1.807, 2.05) is 17.0 Å². The summed E-state index contributed by atoms with van der Waals surface area (Å²) in [5.74, 6) is 0.602. The number of halogens is 1. The van der Waals surface area contributed by atoms with E-state index in [0.717, 1.165) is 78.4 Å². The zero-order chi connectivity index (χ0) is 47.6. The summed E-state index contributed by atoms with van der Waals surface area (Å²) in [4.78, 5) is 68.6. The van der Waals surface area contributed by atoms with Crippen LogP contribution in [0.15, 0.2) is 54.7 Å². The Morgan fingerprint density at radius 2 is 1.66 bits per heavy atom. The summed E-state index contributed by atoms with van der Waals surface area (Å²) in [7, 11) is 0.904. The van der Waals surface area contributed by atoms with Crippen LogP contribution in [-0.2, 0) is 43.8 Å². The topological polar surface area (TPSA) is 199 Å². The van der Waals surface area contributed by atoms with E-state index >= 15 is 0 Å². The molecule has 20 heteroatoms. The van der Waals surface area contributed by atoms with E-state index in [-0.39, 0.29) is 40.9 Å². The monoisotopic (exact) mass is 956 g/mol. The van der Waals surface area contributed by atoms with E-state index in [0.29, 0.717) is 79.1 Å². The highest BCUT2D eigenvalue weighted by atomic mass is 35.5. The Balaban J connectivity index is 0.853. The number of hydrogen-bond donors (Lipinski definition) is 3. The third-order valence-corrected chi connectivity index (χ3v) is 14.8. The Morgan fingerprint density at radius 1 is 0.925 bits per heavy atom. The number of hydrogen-bond acceptors (Lipinski definition) is 14. The average molecular weight is 958 g/mol. The fourth-order valence-corrected chi connectivity index (χ4v) is 10.3. The highest BCUT2D eigenvalue weighted by Gasteiger charge is 2.40. The summed E-state index contributed by atoms with van der Waals surface area (Å²) in [6.07, 6.45) is 6.67. The van der Waals surface area contributed by atoms with E-state index in [1.165, 1.54) is 20.4 Å². The number of aryl methyl sites for hydroxylation is 2. The fraction of sp³-hybridized carbons (Fsp3) is 0.447. The van der Waals surface area contributed by atoms with Crippen molar-refractivity contribution in [2.24, 2.45) is 0 Å². The van der Waals surface area contributed by atoms with Crippen LogP contribution in [0.1, 0.15) is 66.1 Å². The Hall–Kier alpha value is -6.18. The lowest BCUT2D eigenvalue weighted by Gasteiger charge is -2.43. The average Bonchev–Trinajstić information content (AvgIpc) is 3.66. The summed E-state index contributed by atoms with van der Waals surface area (Å²) in [5, 5.41) is 9.05. The summed E-state index contributed by atoms with van der Waals surface area (Å²) in [6, 6.07) is 14.5. The predicted octanol–water partition coefficient (Wildman–Crippen LogP) is 5.10. The number of ether oxygens (including phenoxy) is 2. The number of amides is 4. The molecule has 8 rings (SSSR count). The molecule has 1 unspecified atom stereocenters. The molecule has 18 nitrogen and oxygen atoms in total. The number of piperazine rings is 1. The first-order valence-corrected chi connectivity index (χ1v) is 24.8. The summed E-state index contributed by atoms with van der Waals surface area (Å²) < 4.78 is 37.6. The molecule has 4 aliphatic rings. The van der Waals surface area contributed by atoms with Crippen molar-refractivity contribution in [3.05, 3.63) is 82.0 Å². The van der Waals surface area contributed by atoms with Crippen LogP contribution in [0.4, 0.5) is 34.5 Å². The van der Waals surface area contributed by atoms with Gasteiger partial charge < -0.3 is 34.8 Å². The maximum atomic E-state index is 13.5. The van der Waals surface area contributed by atoms with E-state index < -0.39 is 22.0 Å². The van der Waals surface area contributed by atoms with Crippen LogP contribution in [0.2, 0.25) is 5.02 Å². The van der Waals surface area contributed by atoms with Gasteiger partial charge in [-0.05, 0) is 73.1 Å². The lowest BCUT2D eigenvalue weighted by atomic mass is 9.98. The number of anilines is 6. The van der Waals surface area contributed by atoms with Gasteiger partial charge in [-0.3, -0.25) is 33.7 Å². The molecule has 3 N–H and O–H groups in total. The van der Waals surface area contributed by atoms with Crippen LogP contribution in [0.5, 0.6) is 11.5 Å². The second-order valence-corrected chi connectivity index (χ2v) is 19.7. The largest absolute Gasteiger partial charge is 0.494 e. The van der Waals surface area contributed by atoms with E-state index in [1.54, 1.807) is 36.3 Å². The molecule has 4 amide bonds. The summed E-state index contributed by atoms with van der Waals surface area (Å²) >= 11 is 6.56. The van der Waals surface area contributed by atoms with Gasteiger partial charge in [0.15, 0.2) is 5.82 Å². The number of aromatic nitrogens is 2. The van der Waals surface area contributed by atoms with Gasteiger partial charge in [0.2, 0.25) is 33.7 Å². The Morgan fingerprint density at radius 3 is 2.34 bits per heavy atom. The first-order chi connectivity index (χ1) is 32.2. The number of carbonyl (C=O) groups excluding carboxylic acids is 4. The Labute approximate surface area is 396 Å². The number of methoxy groups -OCH3 is 2. The number of rotatable bonds is 15. The number of imide groups is 1. The van der Waals surface area contributed by atoms with Crippen LogP contribution in [0.3, 0.4) is 0 Å². The van der Waals surface area contributed by atoms with Gasteiger partial charge in [-0.2, -0.15) is 4.98 Å². The SMILES string of the molecule is CCc1cc(Nc2ncc(Cl)c(Nc3cccc(OC)c3N(C)S(C)(=O)=O)n2)c(OC)cc1N1CCC(N2CCN(C(=O)CCc3cccc4c3CN(C3CCC(=O)NC3=O)C4=O)CC2)CC1. The van der Waals surface area contributed by atoms with Gasteiger partial charge in [0.25, 0.3) is 5.91 Å². The Kier molecular flexibility index (Phi) is 14.1. The van der Waals surface area contributed by atoms with Crippen LogP contribution in [0.25, 0.3) is 0 Å². The smallest absolute Gasteiger partial charge is 0.255 e. The Bertz CT molecular complexity index is 2670. The number of carbonyl (C=O) groups is 4. The zero-order valence-corrected chi connectivity index (χ0v) is 40.0. The third kappa shape index (κ3) is 10.1. The van der Waals surface area contributed by atoms with E-state index in [9.17, 15) is 27.6 Å². The van der Waals surface area contributed by atoms with Crippen molar-refractivity contribution in [1.82, 2.24) is 30.0 Å². The second kappa shape index (κ2) is 20.0. The second-order valence-electron chi connectivity index (χ2n) is 17.2. The molecule has 5 heterocycles. The first kappa shape index (κ1) is 47.3. The van der Waals surface area contributed by atoms with Gasteiger partial charge in [0, 0.05) is 89.1 Å². The number of fused-ring (bicyclic) bond motifs is 1. The van der Waals surface area contributed by atoms with Crippen molar-refractivity contribution in [3.8, 4) is 11.5 Å². The fourth-order valence-electron chi connectivity index (χ4n) is 9.59. The molecule has 4 aromatic rings. The minimum Gasteiger partial charge on any atom is -0.494 e. The van der Waals surface area contributed by atoms with Crippen LogP contribution in [0, 0.1) is 0 Å². The minimum absolute atomic E-state index is 0.0962. The molecule has 0 saturated carbocycles. The van der Waals surface area contributed by atoms with Gasteiger partial charge in [-0.25, -0.2) is 13.4 Å². The van der Waals surface area contributed by atoms with Crippen LogP contribution < -0.4 is 34.6 Å². The quantitative estimate of drug-likeness (QED) is 0.133. The van der Waals surface area contributed by atoms with Gasteiger partial charge in [-0.1, -0.05) is 36.7 Å². The molecule has 0 aliphatic carbocycles. The molecular weight excluding hydrogens is 900 g/mol. The van der Waals surface area contributed by atoms with Crippen molar-refractivity contribution in [1.29, 1.82) is 0 Å². The number of sulfonamides is 1. The van der Waals surface area contributed by atoms with Gasteiger partial charge in [0.05, 0.1) is 38.0 Å². The molecule has 0 spiro atoms. The molecular formula is C47H57ClN10O8S. The van der Waals surface area contributed by atoms with Crippen LogP contribution >= 0.6 is 11.6 Å². The molecule has 0 bridgehead atoms. The lowest BCUT2D eigenvalue weighted by molar-refractivity contribution is -0.137. The maximum Gasteiger partial charge on any atom is 0.255 e. The molecule has 3 saturated heterocycles. The van der Waals surface area contributed by atoms with Crippen molar-refractivity contribution in [3.63, 3.8) is 0 Å². The molecule has 3 fully saturated rings. The normalized spacial score (nSPS) is 18.1. The lowest BCUT2D eigenvalue weighted by Crippen LogP contribution is -2.54. The molecule has 0 radical (unpaired) electrons. The highest BCUT2D eigenvalue weighted by Crippen LogP contribution is 2.41. The molecule has 3 aromatic carbocycles. The standard InChI is InChI=1S/C47H57ClN10O8S/c1-6-29-25-36(51-47-49-27-34(48)44(53-47)50-35-11-8-12-39(65-3)43(35)54(2)67(5,63)64)40(66-4)26-38(29)56-19-17-31(18-20-56)55-21-23-57(24-22-55)42(60)16-13-30-9-7-10-32-33(30)28-58(46(32)62)37-14-15-41(59)52-45(37)61/h7-12,25-27,31,37H,6,13-24,28H2,1-5H3,(H,52,59,61)(H2,49,50,51,53).